The minimum absolute atomic E-state index is 0.147. The van der Waals surface area contributed by atoms with Gasteiger partial charge in [0.25, 0.3) is 5.91 Å². The number of rotatable bonds is 8. The molecule has 7 nitrogen and oxygen atoms in total. The van der Waals surface area contributed by atoms with Crippen molar-refractivity contribution in [2.75, 3.05) is 11.9 Å². The minimum Gasteiger partial charge on any atom is -0.507 e. The largest absolute Gasteiger partial charge is 0.507 e. The third-order valence-electron chi connectivity index (χ3n) is 5.85. The van der Waals surface area contributed by atoms with Crippen molar-refractivity contribution in [2.45, 2.75) is 19.8 Å². The lowest BCUT2D eigenvalue weighted by Crippen LogP contribution is -2.12. The van der Waals surface area contributed by atoms with Crippen molar-refractivity contribution in [3.63, 3.8) is 0 Å². The Morgan fingerprint density at radius 3 is 2.50 bits per heavy atom. The topological polar surface area (TPSA) is 101 Å². The number of carbonyl (C=O) groups is 2. The number of carbonyl (C=O) groups excluding carboxylic acids is 1. The Bertz CT molecular complexity index is 1460. The summed E-state index contributed by atoms with van der Waals surface area (Å²) < 4.78 is 8.45. The number of halogens is 2. The number of carboxylic acid groups (broad SMARTS) is 1. The van der Waals surface area contributed by atoms with Crippen LogP contribution in [0.25, 0.3) is 22.2 Å². The number of aryl methyl sites for hydroxylation is 1. The molecule has 0 aliphatic heterocycles. The lowest BCUT2D eigenvalue weighted by Gasteiger charge is -2.11. The molecule has 0 saturated heterocycles. The number of aromatic hydroxyl groups is 1. The van der Waals surface area contributed by atoms with Gasteiger partial charge in [0.1, 0.15) is 17.1 Å². The Kier molecular flexibility index (Phi) is 7.75. The Hall–Kier alpha value is -3.24. The number of amides is 1. The van der Waals surface area contributed by atoms with E-state index in [9.17, 15) is 19.8 Å². The van der Waals surface area contributed by atoms with Crippen LogP contribution in [0.4, 0.5) is 5.69 Å². The predicted octanol–water partition coefficient (Wildman–Crippen LogP) is 6.94. The Morgan fingerprint density at radius 1 is 1.11 bits per heavy atom. The van der Waals surface area contributed by atoms with Crippen LogP contribution in [0.5, 0.6) is 11.5 Å². The summed E-state index contributed by atoms with van der Waals surface area (Å²) in [5.74, 6) is -1.22. The van der Waals surface area contributed by atoms with Crippen molar-refractivity contribution >= 4 is 62.7 Å². The molecule has 3 N–H and O–H groups in total. The summed E-state index contributed by atoms with van der Waals surface area (Å²) in [7, 11) is 1.85. The number of aromatic nitrogens is 1. The lowest BCUT2D eigenvalue weighted by atomic mass is 10.1. The normalized spacial score (nSPS) is 11.0. The monoisotopic (exact) mass is 618 g/mol. The highest BCUT2D eigenvalue weighted by Crippen LogP contribution is 2.37. The summed E-state index contributed by atoms with van der Waals surface area (Å²) in [6.45, 7) is 2.63. The molecule has 0 radical (unpaired) electrons. The first-order valence-electron chi connectivity index (χ1n) is 11.3. The van der Waals surface area contributed by atoms with Crippen LogP contribution >= 0.6 is 34.2 Å². The molecule has 3 aromatic carbocycles. The van der Waals surface area contributed by atoms with E-state index in [0.717, 1.165) is 33.1 Å². The molecule has 1 aromatic heterocycles. The molecule has 0 aliphatic carbocycles. The Labute approximate surface area is 226 Å². The van der Waals surface area contributed by atoms with Crippen LogP contribution in [0, 0.1) is 3.57 Å². The molecular weight excluding hydrogens is 595 g/mol. The highest BCUT2D eigenvalue weighted by atomic mass is 127. The van der Waals surface area contributed by atoms with Gasteiger partial charge in [0.15, 0.2) is 0 Å². The Balaban J connectivity index is 1.58. The second-order valence-corrected chi connectivity index (χ2v) is 9.78. The van der Waals surface area contributed by atoms with Gasteiger partial charge in [-0.15, -0.1) is 0 Å². The van der Waals surface area contributed by atoms with E-state index < -0.39 is 5.97 Å². The number of fused-ring (bicyclic) bond motifs is 1. The van der Waals surface area contributed by atoms with Crippen molar-refractivity contribution < 1.29 is 24.5 Å². The number of aromatic carboxylic acids is 1. The van der Waals surface area contributed by atoms with E-state index in [0.29, 0.717) is 34.1 Å². The zero-order valence-electron chi connectivity index (χ0n) is 19.6. The van der Waals surface area contributed by atoms with Crippen molar-refractivity contribution in [1.29, 1.82) is 0 Å². The first-order chi connectivity index (χ1) is 17.2. The maximum Gasteiger partial charge on any atom is 0.339 e. The van der Waals surface area contributed by atoms with E-state index in [1.165, 1.54) is 12.1 Å². The molecule has 0 spiro atoms. The molecule has 1 amide bonds. The second kappa shape index (κ2) is 10.8. The molecule has 4 rings (SSSR count). The molecule has 36 heavy (non-hydrogen) atoms. The number of ether oxygens (including phenoxy) is 1. The Morgan fingerprint density at radius 2 is 1.83 bits per heavy atom. The van der Waals surface area contributed by atoms with Crippen LogP contribution < -0.4 is 10.1 Å². The van der Waals surface area contributed by atoms with E-state index in [4.69, 9.17) is 16.3 Å². The first kappa shape index (κ1) is 25.8. The number of hydrogen-bond donors (Lipinski definition) is 3. The average molecular weight is 619 g/mol. The van der Waals surface area contributed by atoms with Crippen LogP contribution in [0.3, 0.4) is 0 Å². The van der Waals surface area contributed by atoms with Crippen LogP contribution in [-0.4, -0.2) is 33.3 Å². The summed E-state index contributed by atoms with van der Waals surface area (Å²) in [4.78, 5) is 24.3. The zero-order chi connectivity index (χ0) is 26.0. The molecule has 0 bridgehead atoms. The molecule has 0 fully saturated rings. The fourth-order valence-corrected chi connectivity index (χ4v) is 5.20. The number of unbranched alkanes of at least 4 members (excludes halogenated alkanes) is 1. The van der Waals surface area contributed by atoms with Gasteiger partial charge < -0.3 is 24.8 Å². The third-order valence-corrected chi connectivity index (χ3v) is 7.25. The SMILES string of the molecule is CCCCOc1cc(NC(=O)c2ccc(-c3c(I)c4cc(C(=O)O)c(O)cc4n3C)cc2)ccc1Cl. The molecule has 4 aromatic rings. The highest BCUT2D eigenvalue weighted by molar-refractivity contribution is 14.1. The summed E-state index contributed by atoms with van der Waals surface area (Å²) in [5.41, 5.74) is 3.32. The van der Waals surface area contributed by atoms with Gasteiger partial charge in [-0.05, 0) is 64.9 Å². The molecule has 1 heterocycles. The smallest absolute Gasteiger partial charge is 0.339 e. The lowest BCUT2D eigenvalue weighted by molar-refractivity contribution is 0.0693. The summed E-state index contributed by atoms with van der Waals surface area (Å²) in [6.07, 6.45) is 1.92. The average Bonchev–Trinajstić information content (AvgIpc) is 3.09. The number of benzene rings is 3. The van der Waals surface area contributed by atoms with Crippen LogP contribution in [-0.2, 0) is 7.05 Å². The predicted molar refractivity (Wildman–Crippen MR) is 150 cm³/mol. The number of carboxylic acids is 1. The maximum atomic E-state index is 12.9. The van der Waals surface area contributed by atoms with Gasteiger partial charge in [-0.2, -0.15) is 0 Å². The van der Waals surface area contributed by atoms with Gasteiger partial charge in [0.2, 0.25) is 0 Å². The fraction of sp³-hybridized carbons (Fsp3) is 0.185. The zero-order valence-corrected chi connectivity index (χ0v) is 22.6. The fourth-order valence-electron chi connectivity index (χ4n) is 3.92. The summed E-state index contributed by atoms with van der Waals surface area (Å²) in [5, 5.41) is 23.6. The van der Waals surface area contributed by atoms with E-state index in [1.54, 1.807) is 30.3 Å². The van der Waals surface area contributed by atoms with Crippen molar-refractivity contribution in [3.05, 3.63) is 74.3 Å². The number of nitrogens with one attached hydrogen (secondary N) is 1. The first-order valence-corrected chi connectivity index (χ1v) is 12.7. The van der Waals surface area contributed by atoms with E-state index in [2.05, 4.69) is 34.8 Å². The van der Waals surface area contributed by atoms with E-state index in [1.807, 2.05) is 23.7 Å². The summed E-state index contributed by atoms with van der Waals surface area (Å²) >= 11 is 8.38. The van der Waals surface area contributed by atoms with Crippen molar-refractivity contribution in [3.8, 4) is 22.8 Å². The van der Waals surface area contributed by atoms with Crippen LogP contribution in [0.15, 0.2) is 54.6 Å². The standard InChI is InChI=1S/C27H24ClIN2O5/c1-3-4-11-36-23-12-17(9-10-20(23)28)30-26(33)16-7-5-15(6-8-16)25-24(29)18-13-19(27(34)35)22(32)14-21(18)31(25)2/h5-10,12-14,32H,3-4,11H2,1-2H3,(H,30,33)(H,34,35). The third kappa shape index (κ3) is 5.15. The van der Waals surface area contributed by atoms with Gasteiger partial charge in [-0.3, -0.25) is 4.79 Å². The van der Waals surface area contributed by atoms with Gasteiger partial charge in [-0.1, -0.05) is 37.1 Å². The number of phenols is 1. The van der Waals surface area contributed by atoms with E-state index >= 15 is 0 Å². The molecule has 0 atom stereocenters. The minimum atomic E-state index is -1.19. The number of anilines is 1. The van der Waals surface area contributed by atoms with Gasteiger partial charge in [-0.25, -0.2) is 4.79 Å². The molecular formula is C27H24ClIN2O5. The molecule has 186 valence electrons. The van der Waals surface area contributed by atoms with Gasteiger partial charge in [0.05, 0.1) is 22.8 Å². The van der Waals surface area contributed by atoms with Crippen molar-refractivity contribution in [1.82, 2.24) is 4.57 Å². The highest BCUT2D eigenvalue weighted by Gasteiger charge is 2.20. The van der Waals surface area contributed by atoms with E-state index in [-0.39, 0.29) is 17.2 Å². The second-order valence-electron chi connectivity index (χ2n) is 8.29. The number of nitrogens with zero attached hydrogens (tertiary/aromatic N) is 1. The van der Waals surface area contributed by atoms with Crippen molar-refractivity contribution in [2.24, 2.45) is 7.05 Å². The van der Waals surface area contributed by atoms with Gasteiger partial charge >= 0.3 is 5.97 Å². The maximum absolute atomic E-state index is 12.9. The molecule has 0 saturated carbocycles. The summed E-state index contributed by atoms with van der Waals surface area (Å²) in [6, 6.07) is 15.2. The quantitative estimate of drug-likeness (QED) is 0.147. The molecule has 0 unspecified atom stereocenters. The molecule has 9 heteroatoms. The molecule has 0 aliphatic rings. The van der Waals surface area contributed by atoms with Crippen LogP contribution in [0.2, 0.25) is 5.02 Å². The number of hydrogen-bond acceptors (Lipinski definition) is 4. The van der Waals surface area contributed by atoms with Gasteiger partial charge in [0, 0.05) is 39.4 Å². The van der Waals surface area contributed by atoms with Crippen LogP contribution in [0.1, 0.15) is 40.5 Å².